The molecule has 1 heteroatoms. The molecule has 2 fully saturated rings. The Hall–Kier alpha value is -1.08. The third kappa shape index (κ3) is 6.48. The van der Waals surface area contributed by atoms with E-state index in [9.17, 15) is 0 Å². The van der Waals surface area contributed by atoms with Gasteiger partial charge in [-0.2, -0.15) is 0 Å². The van der Waals surface area contributed by atoms with Gasteiger partial charge in [0.1, 0.15) is 0 Å². The molecule has 2 saturated carbocycles. The molecule has 0 amide bonds. The van der Waals surface area contributed by atoms with E-state index >= 15 is 0 Å². The second kappa shape index (κ2) is 11.8. The summed E-state index contributed by atoms with van der Waals surface area (Å²) in [6, 6.07) is 9.34. The number of allylic oxidation sites excluding steroid dienone is 2. The Labute approximate surface area is 174 Å². The van der Waals surface area contributed by atoms with E-state index in [0.717, 1.165) is 36.9 Å². The molecule has 0 aromatic heterocycles. The zero-order valence-corrected chi connectivity index (χ0v) is 18.4. The third-order valence-corrected chi connectivity index (χ3v) is 7.33. The number of rotatable bonds is 9. The smallest absolute Gasteiger partial charge is 0.0716 e. The average Bonchev–Trinajstić information content (AvgIpc) is 2.75. The van der Waals surface area contributed by atoms with Gasteiger partial charge in [-0.1, -0.05) is 56.2 Å². The molecule has 0 N–H and O–H groups in total. The second-order valence-corrected chi connectivity index (χ2v) is 9.31. The van der Waals surface area contributed by atoms with Crippen molar-refractivity contribution < 1.29 is 4.74 Å². The van der Waals surface area contributed by atoms with Gasteiger partial charge in [0.05, 0.1) is 6.61 Å². The first-order valence-electron chi connectivity index (χ1n) is 12.1. The lowest BCUT2D eigenvalue weighted by molar-refractivity contribution is 0.117. The molecule has 0 unspecified atom stereocenters. The third-order valence-electron chi connectivity index (χ3n) is 7.33. The lowest BCUT2D eigenvalue weighted by Crippen LogP contribution is -2.25. The Morgan fingerprint density at radius 1 is 0.857 bits per heavy atom. The summed E-state index contributed by atoms with van der Waals surface area (Å²) in [4.78, 5) is 0. The highest BCUT2D eigenvalue weighted by Crippen LogP contribution is 2.44. The molecule has 0 bridgehead atoms. The van der Waals surface area contributed by atoms with Gasteiger partial charge in [0.2, 0.25) is 0 Å². The molecule has 1 aromatic rings. The highest BCUT2D eigenvalue weighted by molar-refractivity contribution is 5.25. The summed E-state index contributed by atoms with van der Waals surface area (Å²) in [6.45, 7) is 6.07. The maximum absolute atomic E-state index is 5.81. The molecule has 0 heterocycles. The van der Waals surface area contributed by atoms with Crippen LogP contribution in [0.4, 0.5) is 0 Å². The minimum Gasteiger partial charge on any atom is -0.377 e. The van der Waals surface area contributed by atoms with Gasteiger partial charge in [-0.3, -0.25) is 0 Å². The molecule has 1 nitrogen and oxygen atoms in total. The molecule has 3 rings (SSSR count). The summed E-state index contributed by atoms with van der Waals surface area (Å²) in [5.41, 5.74) is 2.89. The summed E-state index contributed by atoms with van der Waals surface area (Å²) < 4.78 is 5.81. The van der Waals surface area contributed by atoms with Gasteiger partial charge in [0.15, 0.2) is 0 Å². The van der Waals surface area contributed by atoms with Crippen LogP contribution in [-0.2, 0) is 11.3 Å². The molecule has 0 aliphatic heterocycles. The van der Waals surface area contributed by atoms with Gasteiger partial charge in [-0.25, -0.2) is 0 Å². The van der Waals surface area contributed by atoms with Gasteiger partial charge < -0.3 is 4.74 Å². The van der Waals surface area contributed by atoms with Crippen LogP contribution in [0.5, 0.6) is 0 Å². The summed E-state index contributed by atoms with van der Waals surface area (Å²) >= 11 is 0. The van der Waals surface area contributed by atoms with Crippen LogP contribution < -0.4 is 0 Å². The van der Waals surface area contributed by atoms with Crippen molar-refractivity contribution in [2.45, 2.75) is 97.0 Å². The van der Waals surface area contributed by atoms with E-state index in [4.69, 9.17) is 4.74 Å². The van der Waals surface area contributed by atoms with Crippen molar-refractivity contribution in [1.29, 1.82) is 0 Å². The molecule has 0 saturated heterocycles. The molecule has 156 valence electrons. The van der Waals surface area contributed by atoms with Gasteiger partial charge in [0, 0.05) is 6.61 Å². The second-order valence-electron chi connectivity index (χ2n) is 9.31. The molecular weight excluding hydrogens is 340 g/mol. The number of ether oxygens (including phenoxy) is 1. The van der Waals surface area contributed by atoms with Crippen molar-refractivity contribution in [2.24, 2.45) is 17.8 Å². The monoisotopic (exact) mass is 382 g/mol. The van der Waals surface area contributed by atoms with Crippen molar-refractivity contribution in [3.05, 3.63) is 47.5 Å². The number of hydrogen-bond acceptors (Lipinski definition) is 1. The van der Waals surface area contributed by atoms with E-state index in [1.165, 1.54) is 76.2 Å². The van der Waals surface area contributed by atoms with Gasteiger partial charge in [-0.15, -0.1) is 0 Å². The Morgan fingerprint density at radius 2 is 1.50 bits per heavy atom. The van der Waals surface area contributed by atoms with Crippen LogP contribution in [0.15, 0.2) is 36.4 Å². The maximum atomic E-state index is 5.81. The summed E-state index contributed by atoms with van der Waals surface area (Å²) in [6.07, 6.45) is 19.9. The molecule has 2 aliphatic carbocycles. The van der Waals surface area contributed by atoms with Crippen molar-refractivity contribution in [1.82, 2.24) is 0 Å². The standard InChI is InChI=1S/C27H42O/c1-3-5-6-20-28-21-23-10-14-25(15-11-23)27-18-16-26(17-19-27)24-12-8-22(7-4-2)9-13-24/h4,7,10-11,14-15,22,24,26-27H,3,5-6,8-9,12-13,16-21H2,1-2H3. The first-order valence-corrected chi connectivity index (χ1v) is 12.1. The average molecular weight is 383 g/mol. The number of hydrogen-bond donors (Lipinski definition) is 0. The largest absolute Gasteiger partial charge is 0.377 e. The Bertz CT molecular complexity index is 556. The Kier molecular flexibility index (Phi) is 9.12. The summed E-state index contributed by atoms with van der Waals surface area (Å²) in [7, 11) is 0. The van der Waals surface area contributed by atoms with Gasteiger partial charge in [0.25, 0.3) is 0 Å². The normalized spacial score (nSPS) is 28.6. The van der Waals surface area contributed by atoms with E-state index in [0.29, 0.717) is 0 Å². The molecule has 28 heavy (non-hydrogen) atoms. The zero-order chi connectivity index (χ0) is 19.6. The lowest BCUT2D eigenvalue weighted by Gasteiger charge is -2.37. The fourth-order valence-corrected chi connectivity index (χ4v) is 5.54. The molecule has 2 aliphatic rings. The molecule has 0 atom stereocenters. The first-order chi connectivity index (χ1) is 13.8. The van der Waals surface area contributed by atoms with Gasteiger partial charge in [-0.05, 0) is 99.5 Å². The van der Waals surface area contributed by atoms with E-state index in [-0.39, 0.29) is 0 Å². The summed E-state index contributed by atoms with van der Waals surface area (Å²) in [5.74, 6) is 3.66. The fraction of sp³-hybridized carbons (Fsp3) is 0.704. The number of unbranched alkanes of at least 4 members (excludes halogenated alkanes) is 2. The van der Waals surface area contributed by atoms with Crippen LogP contribution in [0.1, 0.15) is 102 Å². The predicted molar refractivity (Wildman–Crippen MR) is 121 cm³/mol. The van der Waals surface area contributed by atoms with Crippen LogP contribution in [-0.4, -0.2) is 6.61 Å². The van der Waals surface area contributed by atoms with Gasteiger partial charge >= 0.3 is 0 Å². The minimum absolute atomic E-state index is 0.770. The van der Waals surface area contributed by atoms with Crippen LogP contribution in [0, 0.1) is 17.8 Å². The summed E-state index contributed by atoms with van der Waals surface area (Å²) in [5, 5.41) is 0. The van der Waals surface area contributed by atoms with Crippen LogP contribution in [0.25, 0.3) is 0 Å². The Balaban J connectivity index is 1.39. The van der Waals surface area contributed by atoms with E-state index in [2.05, 4.69) is 50.3 Å². The Morgan fingerprint density at radius 3 is 2.11 bits per heavy atom. The highest BCUT2D eigenvalue weighted by Gasteiger charge is 2.30. The molecule has 1 aromatic carbocycles. The van der Waals surface area contributed by atoms with E-state index in [1.807, 2.05) is 0 Å². The SMILES string of the molecule is CC=CC1CCC(C2CCC(c3ccc(COCCCCC)cc3)CC2)CC1. The van der Waals surface area contributed by atoms with Crippen LogP contribution in [0.2, 0.25) is 0 Å². The predicted octanol–water partition coefficient (Wildman–Crippen LogP) is 8.05. The number of benzene rings is 1. The maximum Gasteiger partial charge on any atom is 0.0716 e. The topological polar surface area (TPSA) is 9.23 Å². The first kappa shape index (κ1) is 21.6. The van der Waals surface area contributed by atoms with Crippen molar-refractivity contribution >= 4 is 0 Å². The van der Waals surface area contributed by atoms with E-state index in [1.54, 1.807) is 5.56 Å². The van der Waals surface area contributed by atoms with Crippen LogP contribution in [0.3, 0.4) is 0 Å². The highest BCUT2D eigenvalue weighted by atomic mass is 16.5. The lowest BCUT2D eigenvalue weighted by atomic mass is 9.68. The molecule has 0 spiro atoms. The van der Waals surface area contributed by atoms with Crippen molar-refractivity contribution in [2.75, 3.05) is 6.61 Å². The van der Waals surface area contributed by atoms with E-state index < -0.39 is 0 Å². The minimum atomic E-state index is 0.770. The van der Waals surface area contributed by atoms with Crippen LogP contribution >= 0.6 is 0 Å². The molecule has 0 radical (unpaired) electrons. The fourth-order valence-electron chi connectivity index (χ4n) is 5.54. The van der Waals surface area contributed by atoms with Crippen molar-refractivity contribution in [3.63, 3.8) is 0 Å². The quantitative estimate of drug-likeness (QED) is 0.310. The molecular formula is C27H42O. The van der Waals surface area contributed by atoms with Crippen molar-refractivity contribution in [3.8, 4) is 0 Å². The zero-order valence-electron chi connectivity index (χ0n) is 18.4.